The molecule has 0 heterocycles. The van der Waals surface area contributed by atoms with Gasteiger partial charge in [0.25, 0.3) is 0 Å². The summed E-state index contributed by atoms with van der Waals surface area (Å²) in [7, 11) is 1.70. The van der Waals surface area contributed by atoms with Gasteiger partial charge in [0, 0.05) is 20.3 Å². The third-order valence-corrected chi connectivity index (χ3v) is 2.13. The second-order valence-electron chi connectivity index (χ2n) is 2.90. The number of methoxy groups -OCH3 is 1. The molecule has 54 valence electrons. The first kappa shape index (κ1) is 7.03. The van der Waals surface area contributed by atoms with Crippen LogP contribution >= 0.6 is 0 Å². The van der Waals surface area contributed by atoms with E-state index in [9.17, 15) is 0 Å². The van der Waals surface area contributed by atoms with E-state index in [1.54, 1.807) is 7.11 Å². The van der Waals surface area contributed by atoms with E-state index in [1.807, 2.05) is 0 Å². The lowest BCUT2D eigenvalue weighted by Crippen LogP contribution is -2.08. The molecule has 0 aromatic heterocycles. The smallest absolute Gasteiger partial charge is 0.0488 e. The van der Waals surface area contributed by atoms with Crippen LogP contribution in [-0.2, 0) is 4.74 Å². The predicted octanol–water partition coefficient (Wildman–Crippen LogP) is 0.795. The Morgan fingerprint density at radius 3 is 2.56 bits per heavy atom. The van der Waals surface area contributed by atoms with Crippen molar-refractivity contribution >= 4 is 0 Å². The molecule has 0 saturated heterocycles. The third-order valence-electron chi connectivity index (χ3n) is 2.13. The summed E-state index contributed by atoms with van der Waals surface area (Å²) in [6.45, 7) is 1.14. The average molecular weight is 130 g/mol. The summed E-state index contributed by atoms with van der Waals surface area (Å²) >= 11 is 0. The number of aliphatic hydroxyl groups is 1. The van der Waals surface area contributed by atoms with Crippen molar-refractivity contribution in [1.82, 2.24) is 0 Å². The highest BCUT2D eigenvalue weighted by atomic mass is 16.5. The fourth-order valence-electron chi connectivity index (χ4n) is 0.983. The summed E-state index contributed by atoms with van der Waals surface area (Å²) in [5.41, 5.74) is 0.274. The fraction of sp³-hybridized carbons (Fsp3) is 1.00. The van der Waals surface area contributed by atoms with Gasteiger partial charge in [-0.2, -0.15) is 0 Å². The van der Waals surface area contributed by atoms with E-state index < -0.39 is 0 Å². The first-order valence-corrected chi connectivity index (χ1v) is 3.43. The van der Waals surface area contributed by atoms with Crippen LogP contribution in [-0.4, -0.2) is 25.4 Å². The van der Waals surface area contributed by atoms with Crippen LogP contribution in [0.3, 0.4) is 0 Å². The van der Waals surface area contributed by atoms with Crippen molar-refractivity contribution in [3.8, 4) is 0 Å². The molecular formula is C7H14O2. The molecule has 0 radical (unpaired) electrons. The highest BCUT2D eigenvalue weighted by molar-refractivity contribution is 4.91. The van der Waals surface area contributed by atoms with Crippen molar-refractivity contribution in [2.45, 2.75) is 19.3 Å². The number of aliphatic hydroxyl groups excluding tert-OH is 1. The van der Waals surface area contributed by atoms with E-state index in [4.69, 9.17) is 9.84 Å². The van der Waals surface area contributed by atoms with Gasteiger partial charge in [-0.15, -0.1) is 0 Å². The van der Waals surface area contributed by atoms with Gasteiger partial charge in [-0.05, 0) is 24.7 Å². The summed E-state index contributed by atoms with van der Waals surface area (Å²) in [5.74, 6) is 0. The molecule has 0 aromatic carbocycles. The first-order chi connectivity index (χ1) is 4.33. The molecule has 1 rings (SSSR count). The molecule has 1 aliphatic carbocycles. The quantitative estimate of drug-likeness (QED) is 0.609. The fourth-order valence-corrected chi connectivity index (χ4v) is 0.983. The largest absolute Gasteiger partial charge is 0.396 e. The molecule has 0 spiro atoms. The van der Waals surface area contributed by atoms with Crippen LogP contribution in [0, 0.1) is 5.41 Å². The summed E-state index contributed by atoms with van der Waals surface area (Å²) in [6.07, 6.45) is 3.40. The second-order valence-corrected chi connectivity index (χ2v) is 2.90. The number of hydrogen-bond donors (Lipinski definition) is 1. The molecule has 0 aliphatic heterocycles. The lowest BCUT2D eigenvalue weighted by Gasteiger charge is -2.08. The predicted molar refractivity (Wildman–Crippen MR) is 35.2 cm³/mol. The zero-order valence-corrected chi connectivity index (χ0v) is 5.89. The lowest BCUT2D eigenvalue weighted by molar-refractivity contribution is 0.137. The van der Waals surface area contributed by atoms with Gasteiger partial charge >= 0.3 is 0 Å². The Hall–Kier alpha value is -0.0800. The molecule has 1 saturated carbocycles. The van der Waals surface area contributed by atoms with Gasteiger partial charge in [-0.25, -0.2) is 0 Å². The van der Waals surface area contributed by atoms with Crippen molar-refractivity contribution < 1.29 is 9.84 Å². The molecular weight excluding hydrogens is 116 g/mol. The van der Waals surface area contributed by atoms with Crippen LogP contribution < -0.4 is 0 Å². The maximum Gasteiger partial charge on any atom is 0.0488 e. The molecule has 1 fully saturated rings. The van der Waals surface area contributed by atoms with Crippen LogP contribution in [0.5, 0.6) is 0 Å². The monoisotopic (exact) mass is 130 g/mol. The van der Waals surface area contributed by atoms with Crippen molar-refractivity contribution in [3.63, 3.8) is 0 Å². The van der Waals surface area contributed by atoms with Crippen molar-refractivity contribution in [3.05, 3.63) is 0 Å². The van der Waals surface area contributed by atoms with Gasteiger partial charge < -0.3 is 9.84 Å². The van der Waals surface area contributed by atoms with Gasteiger partial charge in [0.15, 0.2) is 0 Å². The van der Waals surface area contributed by atoms with Crippen LogP contribution in [0.15, 0.2) is 0 Å². The number of rotatable bonds is 4. The maximum absolute atomic E-state index is 8.83. The molecule has 0 atom stereocenters. The zero-order valence-electron chi connectivity index (χ0n) is 5.89. The van der Waals surface area contributed by atoms with E-state index >= 15 is 0 Å². The minimum absolute atomic E-state index is 0.274. The molecule has 1 aliphatic rings. The Morgan fingerprint density at radius 2 is 2.22 bits per heavy atom. The highest BCUT2D eigenvalue weighted by Gasteiger charge is 2.41. The van der Waals surface area contributed by atoms with Crippen molar-refractivity contribution in [1.29, 1.82) is 0 Å². The van der Waals surface area contributed by atoms with Crippen molar-refractivity contribution in [2.75, 3.05) is 20.3 Å². The zero-order chi connectivity index (χ0) is 6.74. The lowest BCUT2D eigenvalue weighted by atomic mass is 10.1. The van der Waals surface area contributed by atoms with E-state index in [1.165, 1.54) is 12.8 Å². The number of ether oxygens (including phenoxy) is 1. The molecule has 2 heteroatoms. The number of hydrogen-bond acceptors (Lipinski definition) is 2. The van der Waals surface area contributed by atoms with E-state index in [2.05, 4.69) is 0 Å². The Labute approximate surface area is 55.8 Å². The third kappa shape index (κ3) is 1.66. The summed E-state index contributed by atoms with van der Waals surface area (Å²) in [5, 5.41) is 8.83. The first-order valence-electron chi connectivity index (χ1n) is 3.43. The molecule has 2 nitrogen and oxygen atoms in total. The summed E-state index contributed by atoms with van der Waals surface area (Å²) in [6, 6.07) is 0. The van der Waals surface area contributed by atoms with Crippen molar-refractivity contribution in [2.24, 2.45) is 5.41 Å². The molecule has 9 heavy (non-hydrogen) atoms. The standard InChI is InChI=1S/C7H14O2/c1-9-5-4-7(6-8)2-3-7/h8H,2-6H2,1H3. The van der Waals surface area contributed by atoms with E-state index in [-0.39, 0.29) is 5.41 Å². The molecule has 1 N–H and O–H groups in total. The minimum Gasteiger partial charge on any atom is -0.396 e. The molecule has 0 bridgehead atoms. The van der Waals surface area contributed by atoms with Gasteiger partial charge in [-0.1, -0.05) is 0 Å². The van der Waals surface area contributed by atoms with E-state index in [0.717, 1.165) is 13.0 Å². The Balaban J connectivity index is 2.10. The Bertz CT molecular complexity index is 86.9. The summed E-state index contributed by atoms with van der Waals surface area (Å²) in [4.78, 5) is 0. The minimum atomic E-state index is 0.274. The van der Waals surface area contributed by atoms with Gasteiger partial charge in [0.1, 0.15) is 0 Å². The Kier molecular flexibility index (Phi) is 2.09. The second kappa shape index (κ2) is 2.67. The molecule has 0 amide bonds. The average Bonchev–Trinajstić information content (AvgIpc) is 2.65. The van der Waals surface area contributed by atoms with Crippen LogP contribution in [0.1, 0.15) is 19.3 Å². The van der Waals surface area contributed by atoms with Gasteiger partial charge in [0.05, 0.1) is 0 Å². The van der Waals surface area contributed by atoms with Crippen LogP contribution in [0.25, 0.3) is 0 Å². The maximum atomic E-state index is 8.83. The highest BCUT2D eigenvalue weighted by Crippen LogP contribution is 2.47. The van der Waals surface area contributed by atoms with Gasteiger partial charge in [0.2, 0.25) is 0 Å². The topological polar surface area (TPSA) is 29.5 Å². The molecule has 0 aromatic rings. The molecule has 0 unspecified atom stereocenters. The van der Waals surface area contributed by atoms with Crippen LogP contribution in [0.2, 0.25) is 0 Å². The van der Waals surface area contributed by atoms with Crippen LogP contribution in [0.4, 0.5) is 0 Å². The van der Waals surface area contributed by atoms with Gasteiger partial charge in [-0.3, -0.25) is 0 Å². The normalized spacial score (nSPS) is 22.0. The summed E-state index contributed by atoms with van der Waals surface area (Å²) < 4.78 is 4.91. The Morgan fingerprint density at radius 1 is 1.56 bits per heavy atom. The van der Waals surface area contributed by atoms with E-state index in [0.29, 0.717) is 6.61 Å². The SMILES string of the molecule is COCCC1(CO)CC1.